The average Bonchev–Trinajstić information content (AvgIpc) is 3.06. The first-order valence-corrected chi connectivity index (χ1v) is 7.58. The summed E-state index contributed by atoms with van der Waals surface area (Å²) in [5.41, 5.74) is 1.78. The number of hydrogen-bond acceptors (Lipinski definition) is 4. The Morgan fingerprint density at radius 2 is 1.78 bits per heavy atom. The normalized spacial score (nSPS) is 10.6. The van der Waals surface area contributed by atoms with Crippen molar-refractivity contribution in [3.8, 4) is 34.3 Å². The molecule has 0 spiro atoms. The third-order valence-electron chi connectivity index (χ3n) is 3.32. The number of hydrogen-bond donors (Lipinski definition) is 1. The van der Waals surface area contributed by atoms with Crippen molar-refractivity contribution in [3.63, 3.8) is 0 Å². The number of benzene rings is 2. The molecule has 0 saturated carbocycles. The van der Waals surface area contributed by atoms with E-state index in [1.165, 1.54) is 0 Å². The van der Waals surface area contributed by atoms with Crippen LogP contribution in [-0.2, 0) is 0 Å². The Morgan fingerprint density at radius 1 is 1.04 bits per heavy atom. The second-order valence-electron chi connectivity index (χ2n) is 4.81. The molecule has 1 N–H and O–H groups in total. The fraction of sp³-hybridized carbons (Fsp3) is 0.176. The maximum atomic E-state index is 5.90. The number of halogens is 1. The summed E-state index contributed by atoms with van der Waals surface area (Å²) in [6, 6.07) is 13.0. The molecule has 6 heteroatoms. The Hall–Kier alpha value is -2.53. The molecule has 3 aromatic rings. The highest BCUT2D eigenvalue weighted by molar-refractivity contribution is 6.30. The highest BCUT2D eigenvalue weighted by atomic mass is 35.5. The van der Waals surface area contributed by atoms with Gasteiger partial charge in [-0.3, -0.25) is 5.10 Å². The molecule has 0 atom stereocenters. The zero-order chi connectivity index (χ0) is 16.2. The van der Waals surface area contributed by atoms with Gasteiger partial charge in [-0.05, 0) is 49.4 Å². The van der Waals surface area contributed by atoms with E-state index >= 15 is 0 Å². The smallest absolute Gasteiger partial charge is 0.181 e. The van der Waals surface area contributed by atoms with Crippen molar-refractivity contribution in [2.24, 2.45) is 0 Å². The van der Waals surface area contributed by atoms with Gasteiger partial charge in [0.1, 0.15) is 0 Å². The SMILES string of the molecule is CCOc1cc(-c2n[nH]c(-c3ccc(Cl)cc3)n2)ccc1OC. The monoisotopic (exact) mass is 329 g/mol. The summed E-state index contributed by atoms with van der Waals surface area (Å²) in [6.07, 6.45) is 0. The predicted octanol–water partition coefficient (Wildman–Crippen LogP) is 4.20. The van der Waals surface area contributed by atoms with E-state index in [0.29, 0.717) is 34.8 Å². The zero-order valence-electron chi connectivity index (χ0n) is 12.8. The van der Waals surface area contributed by atoms with Gasteiger partial charge in [0.15, 0.2) is 23.1 Å². The number of nitrogens with zero attached hydrogens (tertiary/aromatic N) is 2. The number of nitrogens with one attached hydrogen (secondary N) is 1. The van der Waals surface area contributed by atoms with Crippen LogP contribution in [0, 0.1) is 0 Å². The van der Waals surface area contributed by atoms with Crippen LogP contribution in [0.2, 0.25) is 5.02 Å². The second-order valence-corrected chi connectivity index (χ2v) is 5.25. The first-order chi connectivity index (χ1) is 11.2. The molecule has 1 heterocycles. The highest BCUT2D eigenvalue weighted by Gasteiger charge is 2.11. The quantitative estimate of drug-likeness (QED) is 0.762. The summed E-state index contributed by atoms with van der Waals surface area (Å²) < 4.78 is 10.9. The van der Waals surface area contributed by atoms with Crippen LogP contribution in [0.1, 0.15) is 6.92 Å². The van der Waals surface area contributed by atoms with Crippen molar-refractivity contribution in [1.82, 2.24) is 15.2 Å². The zero-order valence-corrected chi connectivity index (χ0v) is 13.6. The van der Waals surface area contributed by atoms with Gasteiger partial charge in [-0.2, -0.15) is 5.10 Å². The minimum absolute atomic E-state index is 0.559. The van der Waals surface area contributed by atoms with Crippen molar-refractivity contribution >= 4 is 11.6 Å². The van der Waals surface area contributed by atoms with Crippen molar-refractivity contribution in [3.05, 3.63) is 47.5 Å². The Kier molecular flexibility index (Phi) is 4.48. The number of aromatic nitrogens is 3. The molecule has 5 nitrogen and oxygen atoms in total. The van der Waals surface area contributed by atoms with Gasteiger partial charge in [0.25, 0.3) is 0 Å². The van der Waals surface area contributed by atoms with E-state index in [4.69, 9.17) is 21.1 Å². The van der Waals surface area contributed by atoms with E-state index in [1.54, 1.807) is 7.11 Å². The van der Waals surface area contributed by atoms with Crippen LogP contribution in [0.3, 0.4) is 0 Å². The summed E-state index contributed by atoms with van der Waals surface area (Å²) in [6.45, 7) is 2.49. The summed E-state index contributed by atoms with van der Waals surface area (Å²) >= 11 is 5.90. The minimum Gasteiger partial charge on any atom is -0.493 e. The second kappa shape index (κ2) is 6.71. The molecule has 23 heavy (non-hydrogen) atoms. The third-order valence-corrected chi connectivity index (χ3v) is 3.58. The van der Waals surface area contributed by atoms with Crippen LogP contribution < -0.4 is 9.47 Å². The summed E-state index contributed by atoms with van der Waals surface area (Å²) in [5, 5.41) is 7.91. The van der Waals surface area contributed by atoms with Gasteiger partial charge in [0, 0.05) is 16.1 Å². The summed E-state index contributed by atoms with van der Waals surface area (Å²) in [4.78, 5) is 4.53. The molecule has 0 aliphatic rings. The molecule has 0 unspecified atom stereocenters. The van der Waals surface area contributed by atoms with E-state index in [2.05, 4.69) is 15.2 Å². The van der Waals surface area contributed by atoms with Gasteiger partial charge in [-0.25, -0.2) is 4.98 Å². The molecule has 0 amide bonds. The van der Waals surface area contributed by atoms with Crippen LogP contribution in [0.25, 0.3) is 22.8 Å². The molecule has 0 aliphatic heterocycles. The lowest BCUT2D eigenvalue weighted by Gasteiger charge is -2.09. The molecule has 3 rings (SSSR count). The lowest BCUT2D eigenvalue weighted by molar-refractivity contribution is 0.311. The summed E-state index contributed by atoms with van der Waals surface area (Å²) in [7, 11) is 1.61. The van der Waals surface area contributed by atoms with Crippen LogP contribution in [-0.4, -0.2) is 28.9 Å². The number of aromatic amines is 1. The van der Waals surface area contributed by atoms with E-state index < -0.39 is 0 Å². The van der Waals surface area contributed by atoms with Gasteiger partial charge < -0.3 is 9.47 Å². The lowest BCUT2D eigenvalue weighted by Crippen LogP contribution is -1.96. The van der Waals surface area contributed by atoms with Crippen molar-refractivity contribution in [2.75, 3.05) is 13.7 Å². The van der Waals surface area contributed by atoms with Gasteiger partial charge in [-0.1, -0.05) is 11.6 Å². The molecular formula is C17H16ClN3O2. The molecule has 0 radical (unpaired) electrons. The number of rotatable bonds is 5. The molecular weight excluding hydrogens is 314 g/mol. The fourth-order valence-corrected chi connectivity index (χ4v) is 2.34. The largest absolute Gasteiger partial charge is 0.493 e. The Labute approximate surface area is 139 Å². The molecule has 0 aliphatic carbocycles. The van der Waals surface area contributed by atoms with E-state index in [0.717, 1.165) is 11.1 Å². The predicted molar refractivity (Wildman–Crippen MR) is 90.0 cm³/mol. The molecule has 1 aromatic heterocycles. The molecule has 2 aromatic carbocycles. The molecule has 118 valence electrons. The van der Waals surface area contributed by atoms with Crippen LogP contribution in [0.5, 0.6) is 11.5 Å². The highest BCUT2D eigenvalue weighted by Crippen LogP contribution is 2.32. The number of H-pyrrole nitrogens is 1. The lowest BCUT2D eigenvalue weighted by atomic mass is 10.2. The van der Waals surface area contributed by atoms with Crippen LogP contribution in [0.15, 0.2) is 42.5 Å². The van der Waals surface area contributed by atoms with Gasteiger partial charge in [-0.15, -0.1) is 0 Å². The van der Waals surface area contributed by atoms with E-state index in [9.17, 15) is 0 Å². The van der Waals surface area contributed by atoms with Gasteiger partial charge in [0.05, 0.1) is 13.7 Å². The standard InChI is InChI=1S/C17H16ClN3O2/c1-3-23-15-10-12(6-9-14(15)22-2)17-19-16(20-21-17)11-4-7-13(18)8-5-11/h4-10H,3H2,1-2H3,(H,19,20,21). The average molecular weight is 330 g/mol. The number of ether oxygens (including phenoxy) is 2. The molecule has 0 bridgehead atoms. The van der Waals surface area contributed by atoms with Gasteiger partial charge >= 0.3 is 0 Å². The van der Waals surface area contributed by atoms with Crippen LogP contribution in [0.4, 0.5) is 0 Å². The minimum atomic E-state index is 0.559. The maximum Gasteiger partial charge on any atom is 0.181 e. The third kappa shape index (κ3) is 3.29. The summed E-state index contributed by atoms with van der Waals surface area (Å²) in [5.74, 6) is 2.64. The van der Waals surface area contributed by atoms with Gasteiger partial charge in [0.2, 0.25) is 0 Å². The van der Waals surface area contributed by atoms with Crippen molar-refractivity contribution in [2.45, 2.75) is 6.92 Å². The molecule has 0 saturated heterocycles. The van der Waals surface area contributed by atoms with Crippen LogP contribution >= 0.6 is 11.6 Å². The van der Waals surface area contributed by atoms with E-state index in [-0.39, 0.29) is 0 Å². The first-order valence-electron chi connectivity index (χ1n) is 7.21. The Bertz CT molecular complexity index is 800. The van der Waals surface area contributed by atoms with Crippen molar-refractivity contribution in [1.29, 1.82) is 0 Å². The van der Waals surface area contributed by atoms with Crippen molar-refractivity contribution < 1.29 is 9.47 Å². The fourth-order valence-electron chi connectivity index (χ4n) is 2.21. The number of methoxy groups -OCH3 is 1. The Morgan fingerprint density at radius 3 is 2.48 bits per heavy atom. The topological polar surface area (TPSA) is 60.0 Å². The maximum absolute atomic E-state index is 5.90. The molecule has 0 fully saturated rings. The Balaban J connectivity index is 1.93. The van der Waals surface area contributed by atoms with E-state index in [1.807, 2.05) is 49.4 Å². The first kappa shape index (κ1) is 15.4.